The molecule has 0 spiro atoms. The third-order valence-electron chi connectivity index (χ3n) is 6.57. The van der Waals surface area contributed by atoms with Crippen molar-refractivity contribution >= 4 is 37.9 Å². The van der Waals surface area contributed by atoms with Crippen LogP contribution in [0, 0.1) is 0 Å². The fourth-order valence-electron chi connectivity index (χ4n) is 4.64. The SMILES string of the molecule is CC[C@H](O)c1ccccc1[Se][C@]1([Si](C)(c2ccccc2)c2ccccc2)CCOC1. The molecule has 0 unspecified atom stereocenters. The average Bonchev–Trinajstić information content (AvgIpc) is 3.29. The van der Waals surface area contributed by atoms with Gasteiger partial charge in [0.05, 0.1) is 0 Å². The molecule has 30 heavy (non-hydrogen) atoms. The Morgan fingerprint density at radius 2 is 1.50 bits per heavy atom. The zero-order valence-corrected chi connectivity index (χ0v) is 20.5. The van der Waals surface area contributed by atoms with Gasteiger partial charge in [-0.25, -0.2) is 0 Å². The van der Waals surface area contributed by atoms with E-state index in [1.165, 1.54) is 14.8 Å². The number of hydrogen-bond acceptors (Lipinski definition) is 2. The number of aliphatic hydroxyl groups excluding tert-OH is 1. The maximum absolute atomic E-state index is 10.7. The number of benzene rings is 3. The van der Waals surface area contributed by atoms with Crippen molar-refractivity contribution < 1.29 is 9.84 Å². The molecule has 0 aliphatic carbocycles. The summed E-state index contributed by atoms with van der Waals surface area (Å²) in [5.41, 5.74) is 1.10. The molecule has 3 aromatic rings. The van der Waals surface area contributed by atoms with E-state index < -0.39 is 14.2 Å². The van der Waals surface area contributed by atoms with Crippen LogP contribution in [0.5, 0.6) is 0 Å². The number of aliphatic hydroxyl groups is 1. The molecule has 4 rings (SSSR count). The van der Waals surface area contributed by atoms with Crippen LogP contribution in [0.15, 0.2) is 84.9 Å². The Kier molecular flexibility index (Phi) is 6.62. The minimum absolute atomic E-state index is 0.103. The van der Waals surface area contributed by atoms with E-state index in [0.717, 1.165) is 31.6 Å². The summed E-state index contributed by atoms with van der Waals surface area (Å²) in [6, 6.07) is 30.7. The second-order valence-electron chi connectivity index (χ2n) is 8.22. The van der Waals surface area contributed by atoms with E-state index in [1.54, 1.807) is 0 Å². The van der Waals surface area contributed by atoms with Crippen molar-refractivity contribution in [3.05, 3.63) is 90.5 Å². The third kappa shape index (κ3) is 3.84. The van der Waals surface area contributed by atoms with E-state index in [9.17, 15) is 5.11 Å². The van der Waals surface area contributed by atoms with Crippen LogP contribution in [-0.2, 0) is 4.74 Å². The van der Waals surface area contributed by atoms with Gasteiger partial charge in [0, 0.05) is 0 Å². The zero-order chi connectivity index (χ0) is 21.0. The van der Waals surface area contributed by atoms with Crippen molar-refractivity contribution in [2.24, 2.45) is 0 Å². The van der Waals surface area contributed by atoms with Gasteiger partial charge < -0.3 is 0 Å². The van der Waals surface area contributed by atoms with Crippen LogP contribution in [0.2, 0.25) is 10.5 Å². The van der Waals surface area contributed by atoms with Crippen LogP contribution in [0.4, 0.5) is 0 Å². The summed E-state index contributed by atoms with van der Waals surface area (Å²) in [4.78, 5) is 0. The first kappa shape index (κ1) is 21.5. The fourth-order valence-corrected chi connectivity index (χ4v) is 14.8. The van der Waals surface area contributed by atoms with Gasteiger partial charge in [0.2, 0.25) is 0 Å². The molecule has 4 heteroatoms. The summed E-state index contributed by atoms with van der Waals surface area (Å²) < 4.78 is 7.57. The molecule has 0 saturated carbocycles. The van der Waals surface area contributed by atoms with Crippen molar-refractivity contribution in [2.75, 3.05) is 13.2 Å². The van der Waals surface area contributed by atoms with Crippen molar-refractivity contribution in [3.8, 4) is 0 Å². The second kappa shape index (κ2) is 9.21. The van der Waals surface area contributed by atoms with Crippen LogP contribution >= 0.6 is 0 Å². The minimum atomic E-state index is -2.15. The first-order chi connectivity index (χ1) is 14.6. The van der Waals surface area contributed by atoms with Crippen LogP contribution in [0.1, 0.15) is 31.4 Å². The molecule has 3 aromatic carbocycles. The van der Waals surface area contributed by atoms with Gasteiger partial charge in [-0.2, -0.15) is 0 Å². The number of ether oxygens (including phenoxy) is 1. The molecule has 156 valence electrons. The van der Waals surface area contributed by atoms with Crippen molar-refractivity contribution in [1.29, 1.82) is 0 Å². The normalized spacial score (nSPS) is 20.2. The summed E-state index contributed by atoms with van der Waals surface area (Å²) >= 11 is 0.183. The second-order valence-corrected chi connectivity index (χ2v) is 16.4. The van der Waals surface area contributed by atoms with Gasteiger partial charge >= 0.3 is 188 Å². The molecule has 1 aliphatic rings. The topological polar surface area (TPSA) is 29.5 Å². The monoisotopic (exact) mass is 482 g/mol. The molecule has 0 radical (unpaired) electrons. The fraction of sp³-hybridized carbons (Fsp3) is 0.308. The van der Waals surface area contributed by atoms with Gasteiger partial charge in [-0.05, 0) is 0 Å². The molecule has 2 nitrogen and oxygen atoms in total. The van der Waals surface area contributed by atoms with Crippen LogP contribution in [0.25, 0.3) is 0 Å². The Labute approximate surface area is 187 Å². The molecule has 0 bridgehead atoms. The Morgan fingerprint density at radius 3 is 2.03 bits per heavy atom. The molecule has 1 N–H and O–H groups in total. The summed E-state index contributed by atoms with van der Waals surface area (Å²) in [7, 11) is -2.15. The molecular formula is C26H30O2SeSi. The predicted molar refractivity (Wildman–Crippen MR) is 129 cm³/mol. The molecule has 2 atom stereocenters. The van der Waals surface area contributed by atoms with E-state index in [2.05, 4.69) is 98.4 Å². The van der Waals surface area contributed by atoms with Gasteiger partial charge in [0.15, 0.2) is 0 Å². The first-order valence-corrected chi connectivity index (χ1v) is 15.0. The Bertz CT molecular complexity index is 916. The predicted octanol–water partition coefficient (Wildman–Crippen LogP) is 3.47. The van der Waals surface area contributed by atoms with E-state index >= 15 is 0 Å². The van der Waals surface area contributed by atoms with E-state index in [-0.39, 0.29) is 18.9 Å². The first-order valence-electron chi connectivity index (χ1n) is 10.8. The molecule has 0 aromatic heterocycles. The van der Waals surface area contributed by atoms with Crippen molar-refractivity contribution in [2.45, 2.75) is 36.4 Å². The maximum atomic E-state index is 10.7. The Balaban J connectivity index is 1.88. The van der Waals surface area contributed by atoms with Crippen molar-refractivity contribution in [1.82, 2.24) is 0 Å². The summed E-state index contributed by atoms with van der Waals surface area (Å²) in [6.07, 6.45) is 1.42. The summed E-state index contributed by atoms with van der Waals surface area (Å²) in [5.74, 6) is 0. The van der Waals surface area contributed by atoms with Gasteiger partial charge in [0.1, 0.15) is 0 Å². The van der Waals surface area contributed by atoms with Crippen LogP contribution < -0.4 is 14.8 Å². The van der Waals surface area contributed by atoms with Crippen LogP contribution in [0.3, 0.4) is 0 Å². The molecule has 1 fully saturated rings. The van der Waals surface area contributed by atoms with Crippen LogP contribution in [-0.4, -0.2) is 41.4 Å². The van der Waals surface area contributed by atoms with E-state index in [1.807, 2.05) is 0 Å². The number of hydrogen-bond donors (Lipinski definition) is 1. The van der Waals surface area contributed by atoms with Gasteiger partial charge in [-0.15, -0.1) is 0 Å². The molecular weight excluding hydrogens is 451 g/mol. The Hall–Kier alpha value is -1.68. The average molecular weight is 482 g/mol. The molecule has 1 aliphatic heterocycles. The van der Waals surface area contributed by atoms with Gasteiger partial charge in [-0.3, -0.25) is 0 Å². The zero-order valence-electron chi connectivity index (χ0n) is 17.8. The number of rotatable bonds is 7. The summed E-state index contributed by atoms with van der Waals surface area (Å²) in [5, 5.41) is 13.6. The van der Waals surface area contributed by atoms with Gasteiger partial charge in [0.25, 0.3) is 0 Å². The molecule has 1 saturated heterocycles. The summed E-state index contributed by atoms with van der Waals surface area (Å²) in [6.45, 7) is 6.21. The quantitative estimate of drug-likeness (QED) is 0.524. The molecule has 0 amide bonds. The van der Waals surface area contributed by atoms with Gasteiger partial charge in [-0.1, -0.05) is 0 Å². The van der Waals surface area contributed by atoms with E-state index in [0.29, 0.717) is 0 Å². The Morgan fingerprint density at radius 1 is 0.933 bits per heavy atom. The van der Waals surface area contributed by atoms with E-state index in [4.69, 9.17) is 4.74 Å². The standard InChI is InChI=1S/C26H30O2SeSi/c1-3-24(27)23-16-10-11-17-25(23)29-26(18-19-28-20-26)30(2,21-12-6-4-7-13-21)22-14-8-5-9-15-22/h4-17,24,27H,3,18-20H2,1-2H3/t24-,26-/m0/s1. The third-order valence-corrected chi connectivity index (χ3v) is 17.6. The molecule has 1 heterocycles. The van der Waals surface area contributed by atoms with Crippen molar-refractivity contribution in [3.63, 3.8) is 0 Å².